The molecule has 3 heteroatoms. The van der Waals surface area contributed by atoms with Crippen LogP contribution in [0.2, 0.25) is 0 Å². The first-order chi connectivity index (χ1) is 4.83. The highest BCUT2D eigenvalue weighted by Crippen LogP contribution is 2.25. The number of hydrogen-bond acceptors (Lipinski definition) is 1. The van der Waals surface area contributed by atoms with E-state index in [4.69, 9.17) is 11.1 Å². The third-order valence-electron chi connectivity index (χ3n) is 1.70. The van der Waals surface area contributed by atoms with Gasteiger partial charge in [0, 0.05) is 9.34 Å². The van der Waals surface area contributed by atoms with Gasteiger partial charge in [-0.3, -0.25) is 5.41 Å². The second kappa shape index (κ2) is 4.28. The lowest BCUT2D eigenvalue weighted by atomic mass is 9.99. The van der Waals surface area contributed by atoms with Crippen molar-refractivity contribution in [2.24, 2.45) is 11.7 Å². The zero-order valence-electron chi connectivity index (χ0n) is 7.45. The van der Waals surface area contributed by atoms with E-state index in [1.807, 2.05) is 6.92 Å². The van der Waals surface area contributed by atoms with Gasteiger partial charge < -0.3 is 5.73 Å². The van der Waals surface area contributed by atoms with E-state index in [0.717, 1.165) is 12.8 Å². The van der Waals surface area contributed by atoms with Gasteiger partial charge in [0.2, 0.25) is 0 Å². The highest BCUT2D eigenvalue weighted by atomic mass is 127. The van der Waals surface area contributed by atoms with Crippen LogP contribution in [0.1, 0.15) is 33.6 Å². The molecule has 0 amide bonds. The molecule has 0 saturated carbocycles. The van der Waals surface area contributed by atoms with Crippen molar-refractivity contribution in [1.82, 2.24) is 0 Å². The molecule has 3 N–H and O–H groups in total. The minimum Gasteiger partial charge on any atom is -0.387 e. The molecule has 1 unspecified atom stereocenters. The average molecular weight is 268 g/mol. The van der Waals surface area contributed by atoms with Crippen molar-refractivity contribution in [3.63, 3.8) is 0 Å². The van der Waals surface area contributed by atoms with E-state index in [9.17, 15) is 0 Å². The largest absolute Gasteiger partial charge is 0.387 e. The first kappa shape index (κ1) is 11.2. The van der Waals surface area contributed by atoms with Crippen molar-refractivity contribution in [2.45, 2.75) is 37.0 Å². The Kier molecular flexibility index (Phi) is 4.36. The molecule has 0 saturated heterocycles. The minimum atomic E-state index is 0.240. The predicted molar refractivity (Wildman–Crippen MR) is 58.4 cm³/mol. The Morgan fingerprint density at radius 2 is 2.09 bits per heavy atom. The van der Waals surface area contributed by atoms with Crippen LogP contribution < -0.4 is 5.73 Å². The summed E-state index contributed by atoms with van der Waals surface area (Å²) in [5.74, 6) is 0.551. The van der Waals surface area contributed by atoms with Gasteiger partial charge >= 0.3 is 0 Å². The first-order valence-corrected chi connectivity index (χ1v) is 4.93. The maximum absolute atomic E-state index is 7.18. The Bertz CT molecular complexity index is 138. The van der Waals surface area contributed by atoms with E-state index < -0.39 is 0 Å². The molecule has 0 aliphatic heterocycles. The number of halogens is 1. The number of alkyl halides is 1. The zero-order chi connectivity index (χ0) is 9.07. The monoisotopic (exact) mass is 268 g/mol. The quantitative estimate of drug-likeness (QED) is 0.350. The van der Waals surface area contributed by atoms with Gasteiger partial charge in [0.15, 0.2) is 0 Å². The third-order valence-corrected chi connectivity index (χ3v) is 2.24. The summed E-state index contributed by atoms with van der Waals surface area (Å²) < 4.78 is 0.335. The fraction of sp³-hybridized carbons (Fsp3) is 0.875. The van der Waals surface area contributed by atoms with Gasteiger partial charge in [-0.2, -0.15) is 0 Å². The highest BCUT2D eigenvalue weighted by molar-refractivity contribution is 14.1. The Morgan fingerprint density at radius 3 is 2.36 bits per heavy atom. The SMILES string of the molecule is CC(CCC(C)(C)I)C(=N)N. The maximum atomic E-state index is 7.18. The van der Waals surface area contributed by atoms with Gasteiger partial charge in [0.1, 0.15) is 0 Å². The van der Waals surface area contributed by atoms with Crippen LogP contribution in [-0.4, -0.2) is 9.26 Å². The summed E-state index contributed by atoms with van der Waals surface area (Å²) in [5.41, 5.74) is 5.35. The summed E-state index contributed by atoms with van der Waals surface area (Å²) in [7, 11) is 0. The molecule has 1 atom stereocenters. The van der Waals surface area contributed by atoms with E-state index in [1.54, 1.807) is 0 Å². The number of nitrogens with one attached hydrogen (secondary N) is 1. The van der Waals surface area contributed by atoms with E-state index in [-0.39, 0.29) is 5.92 Å². The second-order valence-corrected chi connectivity index (χ2v) is 6.53. The molecule has 0 aromatic carbocycles. The van der Waals surface area contributed by atoms with Crippen LogP contribution in [0.3, 0.4) is 0 Å². The number of nitrogens with two attached hydrogens (primary N) is 1. The van der Waals surface area contributed by atoms with Crippen LogP contribution in [0, 0.1) is 11.3 Å². The minimum absolute atomic E-state index is 0.240. The summed E-state index contributed by atoms with van der Waals surface area (Å²) in [5, 5.41) is 7.18. The van der Waals surface area contributed by atoms with Crippen molar-refractivity contribution in [3.8, 4) is 0 Å². The average Bonchev–Trinajstić information content (AvgIpc) is 1.80. The predicted octanol–water partition coefficient (Wildman–Crippen LogP) is 2.55. The van der Waals surface area contributed by atoms with Crippen LogP contribution in [-0.2, 0) is 0 Å². The molecule has 0 bridgehead atoms. The van der Waals surface area contributed by atoms with Crippen LogP contribution >= 0.6 is 22.6 Å². The molecule has 0 heterocycles. The molecule has 0 spiro atoms. The van der Waals surface area contributed by atoms with Gasteiger partial charge in [-0.1, -0.05) is 43.4 Å². The molecule has 0 fully saturated rings. The first-order valence-electron chi connectivity index (χ1n) is 3.86. The second-order valence-electron chi connectivity index (χ2n) is 3.61. The number of hydrogen-bond donors (Lipinski definition) is 2. The molecule has 11 heavy (non-hydrogen) atoms. The molecule has 2 nitrogen and oxygen atoms in total. The Morgan fingerprint density at radius 1 is 1.64 bits per heavy atom. The lowest BCUT2D eigenvalue weighted by molar-refractivity contribution is 0.564. The summed E-state index contributed by atoms with van der Waals surface area (Å²) in [6.07, 6.45) is 2.14. The standard InChI is InChI=1S/C8H17IN2/c1-6(7(10)11)4-5-8(2,3)9/h6H,4-5H2,1-3H3,(H3,10,11). The van der Waals surface area contributed by atoms with Gasteiger partial charge in [-0.15, -0.1) is 0 Å². The Hall–Kier alpha value is 0.200. The highest BCUT2D eigenvalue weighted by Gasteiger charge is 2.15. The molecule has 0 radical (unpaired) electrons. The van der Waals surface area contributed by atoms with Crippen molar-refractivity contribution >= 4 is 28.4 Å². The third kappa shape index (κ3) is 6.59. The number of amidine groups is 1. The van der Waals surface area contributed by atoms with Crippen LogP contribution in [0.15, 0.2) is 0 Å². The zero-order valence-corrected chi connectivity index (χ0v) is 9.60. The fourth-order valence-corrected chi connectivity index (χ4v) is 1.03. The maximum Gasteiger partial charge on any atom is 0.0934 e. The van der Waals surface area contributed by atoms with Gasteiger partial charge in [0.25, 0.3) is 0 Å². The molecular weight excluding hydrogens is 251 g/mol. The molecule has 0 aromatic rings. The Labute approximate surface area is 82.6 Å². The van der Waals surface area contributed by atoms with Crippen molar-refractivity contribution < 1.29 is 0 Å². The van der Waals surface area contributed by atoms with Crippen molar-refractivity contribution in [2.75, 3.05) is 0 Å². The summed E-state index contributed by atoms with van der Waals surface area (Å²) in [6.45, 7) is 6.39. The summed E-state index contributed by atoms with van der Waals surface area (Å²) in [6, 6.07) is 0. The molecule has 66 valence electrons. The van der Waals surface area contributed by atoms with Crippen LogP contribution in [0.5, 0.6) is 0 Å². The lowest BCUT2D eigenvalue weighted by Crippen LogP contribution is -2.22. The van der Waals surface area contributed by atoms with Crippen LogP contribution in [0.4, 0.5) is 0 Å². The lowest BCUT2D eigenvalue weighted by Gasteiger charge is -2.18. The molecule has 0 aliphatic carbocycles. The smallest absolute Gasteiger partial charge is 0.0934 e. The summed E-state index contributed by atoms with van der Waals surface area (Å²) >= 11 is 2.42. The van der Waals surface area contributed by atoms with E-state index in [1.165, 1.54) is 0 Å². The summed E-state index contributed by atoms with van der Waals surface area (Å²) in [4.78, 5) is 0. The van der Waals surface area contributed by atoms with Crippen molar-refractivity contribution in [3.05, 3.63) is 0 Å². The fourth-order valence-electron chi connectivity index (χ4n) is 0.715. The molecule has 0 aliphatic rings. The van der Waals surface area contributed by atoms with Gasteiger partial charge in [-0.25, -0.2) is 0 Å². The molecule has 0 aromatic heterocycles. The normalized spacial score (nSPS) is 14.5. The number of rotatable bonds is 4. The van der Waals surface area contributed by atoms with E-state index in [2.05, 4.69) is 36.4 Å². The molecular formula is C8H17IN2. The molecule has 0 rings (SSSR count). The topological polar surface area (TPSA) is 49.9 Å². The Balaban J connectivity index is 3.63. The van der Waals surface area contributed by atoms with Crippen LogP contribution in [0.25, 0.3) is 0 Å². The van der Waals surface area contributed by atoms with Crippen molar-refractivity contribution in [1.29, 1.82) is 5.41 Å². The van der Waals surface area contributed by atoms with E-state index in [0.29, 0.717) is 9.26 Å². The van der Waals surface area contributed by atoms with Gasteiger partial charge in [-0.05, 0) is 12.8 Å². The van der Waals surface area contributed by atoms with E-state index >= 15 is 0 Å². The van der Waals surface area contributed by atoms with Gasteiger partial charge in [0.05, 0.1) is 5.84 Å².